The normalized spacial score (nSPS) is 10.9. The zero-order valence-electron chi connectivity index (χ0n) is 15.2. The number of amides is 1. The van der Waals surface area contributed by atoms with E-state index in [0.29, 0.717) is 34.6 Å². The zero-order chi connectivity index (χ0) is 19.2. The topological polar surface area (TPSA) is 90.8 Å². The highest BCUT2D eigenvalue weighted by Gasteiger charge is 2.15. The van der Waals surface area contributed by atoms with Crippen LogP contribution in [0.3, 0.4) is 0 Å². The molecule has 8 heteroatoms. The van der Waals surface area contributed by atoms with Gasteiger partial charge in [0, 0.05) is 18.7 Å². The Morgan fingerprint density at radius 1 is 1.19 bits per heavy atom. The average molecular weight is 369 g/mol. The van der Waals surface area contributed by atoms with Gasteiger partial charge in [-0.1, -0.05) is 0 Å². The van der Waals surface area contributed by atoms with E-state index in [1.54, 1.807) is 63.9 Å². The number of likely N-dealkylation sites (N-methyl/N-ethyl adjacent to an activating group) is 1. The highest BCUT2D eigenvalue weighted by molar-refractivity contribution is 5.91. The maximum Gasteiger partial charge on any atom is 0.247 e. The Labute approximate surface area is 156 Å². The Balaban J connectivity index is 1.68. The lowest BCUT2D eigenvalue weighted by Gasteiger charge is -2.11. The minimum absolute atomic E-state index is 0.182. The van der Waals surface area contributed by atoms with Crippen molar-refractivity contribution in [2.75, 3.05) is 21.3 Å². The number of hydrogen-bond donors (Lipinski definition) is 0. The third-order valence-electron chi connectivity index (χ3n) is 3.78. The summed E-state index contributed by atoms with van der Waals surface area (Å²) >= 11 is 0. The molecule has 27 heavy (non-hydrogen) atoms. The number of methoxy groups -OCH3 is 2. The van der Waals surface area contributed by atoms with Crippen molar-refractivity contribution < 1.29 is 23.1 Å². The molecule has 140 valence electrons. The van der Waals surface area contributed by atoms with Crippen LogP contribution in [0.25, 0.3) is 17.5 Å². The van der Waals surface area contributed by atoms with Crippen molar-refractivity contribution in [1.29, 1.82) is 0 Å². The summed E-state index contributed by atoms with van der Waals surface area (Å²) in [6.07, 6.45) is 4.56. The molecule has 0 aliphatic rings. The van der Waals surface area contributed by atoms with Crippen LogP contribution in [0.5, 0.6) is 11.5 Å². The number of rotatable bonds is 7. The van der Waals surface area contributed by atoms with Crippen LogP contribution in [0.1, 0.15) is 11.7 Å². The molecule has 0 fully saturated rings. The second kappa shape index (κ2) is 8.22. The lowest BCUT2D eigenvalue weighted by atomic mass is 10.2. The van der Waals surface area contributed by atoms with Crippen LogP contribution in [0.4, 0.5) is 0 Å². The summed E-state index contributed by atoms with van der Waals surface area (Å²) in [4.78, 5) is 13.6. The molecule has 0 saturated carbocycles. The molecule has 0 saturated heterocycles. The van der Waals surface area contributed by atoms with Gasteiger partial charge in [-0.2, -0.15) is 0 Å². The van der Waals surface area contributed by atoms with Gasteiger partial charge in [-0.3, -0.25) is 4.79 Å². The first kappa shape index (κ1) is 18.2. The van der Waals surface area contributed by atoms with Gasteiger partial charge < -0.3 is 23.2 Å². The average Bonchev–Trinajstić information content (AvgIpc) is 3.37. The Kier molecular flexibility index (Phi) is 5.55. The smallest absolute Gasteiger partial charge is 0.247 e. The van der Waals surface area contributed by atoms with E-state index >= 15 is 0 Å². The fourth-order valence-corrected chi connectivity index (χ4v) is 2.35. The van der Waals surface area contributed by atoms with Gasteiger partial charge in [0.1, 0.15) is 5.76 Å². The van der Waals surface area contributed by atoms with Crippen molar-refractivity contribution in [3.05, 3.63) is 54.3 Å². The maximum atomic E-state index is 12.2. The predicted molar refractivity (Wildman–Crippen MR) is 97.1 cm³/mol. The lowest BCUT2D eigenvalue weighted by Crippen LogP contribution is -2.24. The van der Waals surface area contributed by atoms with E-state index < -0.39 is 0 Å². The first-order valence-corrected chi connectivity index (χ1v) is 8.12. The standard InChI is InChI=1S/C19H19N3O5/c1-22(18(23)9-7-14-5-4-10-26-14)12-17-20-21-19(27-17)13-6-8-15(24-2)16(11-13)25-3/h4-11H,12H2,1-3H3/b9-7+. The second-order valence-electron chi connectivity index (χ2n) is 5.61. The number of aromatic nitrogens is 2. The van der Waals surface area contributed by atoms with E-state index in [4.69, 9.17) is 18.3 Å². The van der Waals surface area contributed by atoms with Gasteiger partial charge in [0.2, 0.25) is 17.7 Å². The summed E-state index contributed by atoms with van der Waals surface area (Å²) in [6, 6.07) is 8.81. The minimum atomic E-state index is -0.211. The van der Waals surface area contributed by atoms with Crippen molar-refractivity contribution in [2.24, 2.45) is 0 Å². The van der Waals surface area contributed by atoms with E-state index in [0.717, 1.165) is 0 Å². The molecule has 0 unspecified atom stereocenters. The van der Waals surface area contributed by atoms with E-state index in [2.05, 4.69) is 10.2 Å². The number of ether oxygens (including phenoxy) is 2. The second-order valence-corrected chi connectivity index (χ2v) is 5.61. The summed E-state index contributed by atoms with van der Waals surface area (Å²) in [5.41, 5.74) is 0.693. The summed E-state index contributed by atoms with van der Waals surface area (Å²) < 4.78 is 21.3. The van der Waals surface area contributed by atoms with Gasteiger partial charge in [0.05, 0.1) is 27.0 Å². The van der Waals surface area contributed by atoms with Gasteiger partial charge in [-0.15, -0.1) is 10.2 Å². The predicted octanol–water partition coefficient (Wildman–Crippen LogP) is 3.02. The minimum Gasteiger partial charge on any atom is -0.493 e. The van der Waals surface area contributed by atoms with Gasteiger partial charge in [0.25, 0.3) is 0 Å². The molecular formula is C19H19N3O5. The van der Waals surface area contributed by atoms with Crippen LogP contribution in [0.15, 0.2) is 51.5 Å². The van der Waals surface area contributed by atoms with Gasteiger partial charge in [0.15, 0.2) is 11.5 Å². The van der Waals surface area contributed by atoms with Gasteiger partial charge in [-0.25, -0.2) is 0 Å². The van der Waals surface area contributed by atoms with E-state index in [9.17, 15) is 4.79 Å². The number of hydrogen-bond acceptors (Lipinski definition) is 7. The number of furan rings is 1. The number of nitrogens with zero attached hydrogens (tertiary/aromatic N) is 3. The third kappa shape index (κ3) is 4.35. The summed E-state index contributed by atoms with van der Waals surface area (Å²) in [6.45, 7) is 0.182. The molecule has 0 aliphatic carbocycles. The number of carbonyl (C=O) groups excluding carboxylic acids is 1. The molecule has 2 heterocycles. The fourth-order valence-electron chi connectivity index (χ4n) is 2.35. The van der Waals surface area contributed by atoms with Crippen molar-refractivity contribution in [3.63, 3.8) is 0 Å². The van der Waals surface area contributed by atoms with Crippen molar-refractivity contribution in [3.8, 4) is 23.0 Å². The molecule has 2 aromatic heterocycles. The molecule has 0 radical (unpaired) electrons. The maximum absolute atomic E-state index is 12.2. The molecule has 3 rings (SSSR count). The first-order valence-electron chi connectivity index (χ1n) is 8.12. The molecule has 3 aromatic rings. The van der Waals surface area contributed by atoms with Crippen LogP contribution in [0.2, 0.25) is 0 Å². The van der Waals surface area contributed by atoms with E-state index in [1.807, 2.05) is 0 Å². The van der Waals surface area contributed by atoms with Crippen LogP contribution in [0, 0.1) is 0 Å². The highest BCUT2D eigenvalue weighted by Crippen LogP contribution is 2.31. The molecule has 0 spiro atoms. The first-order chi connectivity index (χ1) is 13.1. The molecule has 0 N–H and O–H groups in total. The van der Waals surface area contributed by atoms with Crippen molar-refractivity contribution >= 4 is 12.0 Å². The molecule has 0 bridgehead atoms. The third-order valence-corrected chi connectivity index (χ3v) is 3.78. The molecular weight excluding hydrogens is 350 g/mol. The van der Waals surface area contributed by atoms with Crippen molar-refractivity contribution in [2.45, 2.75) is 6.54 Å². The van der Waals surface area contributed by atoms with E-state index in [1.165, 1.54) is 11.0 Å². The summed E-state index contributed by atoms with van der Waals surface area (Å²) in [7, 11) is 4.77. The Morgan fingerprint density at radius 3 is 2.70 bits per heavy atom. The number of carbonyl (C=O) groups is 1. The molecule has 1 amide bonds. The molecule has 1 aromatic carbocycles. The largest absolute Gasteiger partial charge is 0.493 e. The monoisotopic (exact) mass is 369 g/mol. The van der Waals surface area contributed by atoms with Crippen molar-refractivity contribution in [1.82, 2.24) is 15.1 Å². The summed E-state index contributed by atoms with van der Waals surface area (Å²) in [5.74, 6) is 2.21. The van der Waals surface area contributed by atoms with Crippen LogP contribution >= 0.6 is 0 Å². The zero-order valence-corrected chi connectivity index (χ0v) is 15.2. The quantitative estimate of drug-likeness (QED) is 0.591. The fraction of sp³-hybridized carbons (Fsp3) is 0.211. The lowest BCUT2D eigenvalue weighted by molar-refractivity contribution is -0.125. The van der Waals surface area contributed by atoms with Crippen LogP contribution < -0.4 is 9.47 Å². The van der Waals surface area contributed by atoms with Gasteiger partial charge >= 0.3 is 0 Å². The Hall–Kier alpha value is -3.55. The Bertz CT molecular complexity index is 931. The highest BCUT2D eigenvalue weighted by atomic mass is 16.5. The van der Waals surface area contributed by atoms with Crippen LogP contribution in [-0.4, -0.2) is 42.3 Å². The summed E-state index contributed by atoms with van der Waals surface area (Å²) in [5, 5.41) is 8.03. The SMILES string of the molecule is COc1ccc(-c2nnc(CN(C)C(=O)/C=C/c3ccco3)o2)cc1OC. The molecule has 0 atom stereocenters. The van der Waals surface area contributed by atoms with Crippen LogP contribution in [-0.2, 0) is 11.3 Å². The van der Waals surface area contributed by atoms with E-state index in [-0.39, 0.29) is 12.5 Å². The number of benzene rings is 1. The molecule has 8 nitrogen and oxygen atoms in total. The van der Waals surface area contributed by atoms with Gasteiger partial charge in [-0.05, 0) is 36.4 Å². The Morgan fingerprint density at radius 2 is 2.00 bits per heavy atom. The molecule has 0 aliphatic heterocycles.